The molecule has 0 aromatic carbocycles. The molecule has 0 saturated heterocycles. The Balaban J connectivity index is 2.18. The number of thiophene rings is 1. The van der Waals surface area contributed by atoms with E-state index in [0.717, 1.165) is 26.0 Å². The van der Waals surface area contributed by atoms with Gasteiger partial charge in [0.1, 0.15) is 0 Å². The van der Waals surface area contributed by atoms with Crippen molar-refractivity contribution in [3.8, 4) is 0 Å². The average Bonchev–Trinajstić information content (AvgIpc) is 2.75. The summed E-state index contributed by atoms with van der Waals surface area (Å²) in [5.41, 5.74) is 0. The van der Waals surface area contributed by atoms with Crippen LogP contribution in [0.1, 0.15) is 24.6 Å². The number of rotatable bonds is 8. The summed E-state index contributed by atoms with van der Waals surface area (Å²) in [6, 6.07) is 4.95. The van der Waals surface area contributed by atoms with Crippen LogP contribution in [-0.4, -0.2) is 26.3 Å². The third-order valence-corrected chi connectivity index (χ3v) is 3.38. The van der Waals surface area contributed by atoms with Gasteiger partial charge >= 0.3 is 0 Å². The highest BCUT2D eigenvalue weighted by atomic mass is 32.1. The molecule has 2 nitrogen and oxygen atoms in total. The average molecular weight is 227 g/mol. The predicted molar refractivity (Wildman–Crippen MR) is 66.6 cm³/mol. The minimum Gasteiger partial charge on any atom is -0.385 e. The van der Waals surface area contributed by atoms with Gasteiger partial charge in [0.05, 0.1) is 0 Å². The van der Waals surface area contributed by atoms with Crippen LogP contribution in [0.15, 0.2) is 17.5 Å². The molecule has 0 amide bonds. The fourth-order valence-corrected chi connectivity index (χ4v) is 2.34. The van der Waals surface area contributed by atoms with E-state index in [1.165, 1.54) is 11.3 Å². The van der Waals surface area contributed by atoms with E-state index in [1.807, 2.05) is 11.3 Å². The van der Waals surface area contributed by atoms with Gasteiger partial charge < -0.3 is 10.1 Å². The van der Waals surface area contributed by atoms with Crippen LogP contribution in [-0.2, 0) is 11.2 Å². The number of hydrogen-bond acceptors (Lipinski definition) is 3. The van der Waals surface area contributed by atoms with Gasteiger partial charge in [-0.1, -0.05) is 13.0 Å². The molecule has 86 valence electrons. The molecule has 0 spiro atoms. The Bertz CT molecular complexity index is 236. The highest BCUT2D eigenvalue weighted by molar-refractivity contribution is 7.09. The van der Waals surface area contributed by atoms with Crippen molar-refractivity contribution in [2.75, 3.05) is 20.3 Å². The van der Waals surface area contributed by atoms with Gasteiger partial charge in [0, 0.05) is 24.6 Å². The molecule has 0 radical (unpaired) electrons. The van der Waals surface area contributed by atoms with Crippen molar-refractivity contribution >= 4 is 11.3 Å². The van der Waals surface area contributed by atoms with Crippen molar-refractivity contribution in [2.24, 2.45) is 0 Å². The highest BCUT2D eigenvalue weighted by Crippen LogP contribution is 2.12. The smallest absolute Gasteiger partial charge is 0.0474 e. The molecule has 0 fully saturated rings. The van der Waals surface area contributed by atoms with E-state index in [-0.39, 0.29) is 0 Å². The van der Waals surface area contributed by atoms with Crippen LogP contribution in [0.3, 0.4) is 0 Å². The van der Waals surface area contributed by atoms with Crippen LogP contribution in [0.2, 0.25) is 0 Å². The van der Waals surface area contributed by atoms with Crippen LogP contribution >= 0.6 is 11.3 Å². The van der Waals surface area contributed by atoms with Crippen molar-refractivity contribution in [1.82, 2.24) is 5.32 Å². The molecule has 1 aromatic heterocycles. The summed E-state index contributed by atoms with van der Waals surface area (Å²) in [5, 5.41) is 5.71. The summed E-state index contributed by atoms with van der Waals surface area (Å²) in [6.07, 6.45) is 3.43. The fourth-order valence-electron chi connectivity index (χ4n) is 1.56. The van der Waals surface area contributed by atoms with Crippen molar-refractivity contribution in [3.05, 3.63) is 22.4 Å². The Hall–Kier alpha value is -0.380. The second-order valence-corrected chi connectivity index (χ2v) is 4.72. The van der Waals surface area contributed by atoms with E-state index >= 15 is 0 Å². The fraction of sp³-hybridized carbons (Fsp3) is 0.667. The van der Waals surface area contributed by atoms with Crippen LogP contribution in [0.25, 0.3) is 0 Å². The Kier molecular flexibility index (Phi) is 6.64. The van der Waals surface area contributed by atoms with Crippen molar-refractivity contribution in [1.29, 1.82) is 0 Å². The number of nitrogens with one attached hydrogen (secondary N) is 1. The lowest BCUT2D eigenvalue weighted by Gasteiger charge is -2.15. The second kappa shape index (κ2) is 7.85. The van der Waals surface area contributed by atoms with Gasteiger partial charge in [-0.05, 0) is 37.3 Å². The second-order valence-electron chi connectivity index (χ2n) is 3.69. The zero-order valence-corrected chi connectivity index (χ0v) is 10.5. The molecular weight excluding hydrogens is 206 g/mol. The maximum Gasteiger partial charge on any atom is 0.0474 e. The molecule has 1 unspecified atom stereocenters. The molecule has 1 atom stereocenters. The van der Waals surface area contributed by atoms with Gasteiger partial charge in [-0.25, -0.2) is 0 Å². The third-order valence-electron chi connectivity index (χ3n) is 2.48. The number of ether oxygens (including phenoxy) is 1. The Morgan fingerprint density at radius 2 is 2.40 bits per heavy atom. The molecule has 0 bridgehead atoms. The van der Waals surface area contributed by atoms with E-state index in [1.54, 1.807) is 7.11 Å². The quantitative estimate of drug-likeness (QED) is 0.689. The molecule has 1 N–H and O–H groups in total. The molecule has 3 heteroatoms. The van der Waals surface area contributed by atoms with Gasteiger partial charge in [0.2, 0.25) is 0 Å². The van der Waals surface area contributed by atoms with Crippen LogP contribution in [0, 0.1) is 0 Å². The maximum atomic E-state index is 5.03. The summed E-state index contributed by atoms with van der Waals surface area (Å²) in [6.45, 7) is 4.14. The van der Waals surface area contributed by atoms with Crippen LogP contribution in [0.5, 0.6) is 0 Å². The lowest BCUT2D eigenvalue weighted by atomic mass is 10.1. The molecule has 0 saturated carbocycles. The summed E-state index contributed by atoms with van der Waals surface area (Å²) < 4.78 is 5.03. The third kappa shape index (κ3) is 5.30. The first-order valence-electron chi connectivity index (χ1n) is 5.61. The number of methoxy groups -OCH3 is 1. The summed E-state index contributed by atoms with van der Waals surface area (Å²) >= 11 is 1.85. The lowest BCUT2D eigenvalue weighted by molar-refractivity contribution is 0.193. The largest absolute Gasteiger partial charge is 0.385 e. The van der Waals surface area contributed by atoms with E-state index in [4.69, 9.17) is 4.74 Å². The topological polar surface area (TPSA) is 21.3 Å². The van der Waals surface area contributed by atoms with Crippen molar-refractivity contribution in [3.63, 3.8) is 0 Å². The first-order valence-corrected chi connectivity index (χ1v) is 6.49. The molecular formula is C12H21NOS. The zero-order chi connectivity index (χ0) is 10.9. The molecule has 1 heterocycles. The van der Waals surface area contributed by atoms with Crippen LogP contribution in [0.4, 0.5) is 0 Å². The molecule has 1 aromatic rings. The summed E-state index contributed by atoms with van der Waals surface area (Å²) in [4.78, 5) is 1.47. The van der Waals surface area contributed by atoms with Gasteiger partial charge in [0.25, 0.3) is 0 Å². The highest BCUT2D eigenvalue weighted by Gasteiger charge is 2.06. The van der Waals surface area contributed by atoms with Gasteiger partial charge in [-0.2, -0.15) is 0 Å². The summed E-state index contributed by atoms with van der Waals surface area (Å²) in [7, 11) is 1.75. The molecule has 0 aliphatic carbocycles. The monoisotopic (exact) mass is 227 g/mol. The SMILES string of the molecule is CCC(Cc1cccs1)NCCCOC. The lowest BCUT2D eigenvalue weighted by Crippen LogP contribution is -2.31. The van der Waals surface area contributed by atoms with Gasteiger partial charge in [-0.15, -0.1) is 11.3 Å². The first-order chi connectivity index (χ1) is 7.36. The zero-order valence-electron chi connectivity index (χ0n) is 9.66. The minimum absolute atomic E-state index is 0.612. The molecule has 1 rings (SSSR count). The maximum absolute atomic E-state index is 5.03. The minimum atomic E-state index is 0.612. The van der Waals surface area contributed by atoms with Crippen molar-refractivity contribution in [2.45, 2.75) is 32.2 Å². The summed E-state index contributed by atoms with van der Waals surface area (Å²) in [5.74, 6) is 0. The molecule has 15 heavy (non-hydrogen) atoms. The van der Waals surface area contributed by atoms with Crippen LogP contribution < -0.4 is 5.32 Å². The van der Waals surface area contributed by atoms with Gasteiger partial charge in [-0.3, -0.25) is 0 Å². The molecule has 0 aliphatic rings. The normalized spacial score (nSPS) is 12.9. The Morgan fingerprint density at radius 1 is 1.53 bits per heavy atom. The van der Waals surface area contributed by atoms with E-state index in [2.05, 4.69) is 29.8 Å². The van der Waals surface area contributed by atoms with E-state index in [0.29, 0.717) is 6.04 Å². The predicted octanol–water partition coefficient (Wildman–Crippen LogP) is 2.70. The first kappa shape index (κ1) is 12.7. The molecule has 0 aliphatic heterocycles. The van der Waals surface area contributed by atoms with Crippen molar-refractivity contribution < 1.29 is 4.74 Å². The van der Waals surface area contributed by atoms with E-state index in [9.17, 15) is 0 Å². The Labute approximate surface area is 96.7 Å². The standard InChI is InChI=1S/C12H21NOS/c1-3-11(13-7-5-8-14-2)10-12-6-4-9-15-12/h4,6,9,11,13H,3,5,7-8,10H2,1-2H3. The Morgan fingerprint density at radius 3 is 3.00 bits per heavy atom. The van der Waals surface area contributed by atoms with Gasteiger partial charge in [0.15, 0.2) is 0 Å². The van der Waals surface area contributed by atoms with E-state index < -0.39 is 0 Å². The number of hydrogen-bond donors (Lipinski definition) is 1.